The first-order chi connectivity index (χ1) is 33.0. The lowest BCUT2D eigenvalue weighted by Gasteiger charge is -2.34. The maximum absolute atomic E-state index is 14.0. The van der Waals surface area contributed by atoms with Crippen LogP contribution in [0.15, 0.2) is 89.8 Å². The van der Waals surface area contributed by atoms with E-state index in [-0.39, 0.29) is 53.5 Å². The van der Waals surface area contributed by atoms with Crippen molar-refractivity contribution in [3.8, 4) is 0 Å². The molecule has 0 atom stereocenters. The Morgan fingerprint density at radius 3 is 1.99 bits per heavy atom. The van der Waals surface area contributed by atoms with Gasteiger partial charge in [-0.25, -0.2) is 13.4 Å². The van der Waals surface area contributed by atoms with E-state index in [4.69, 9.17) is 24.3 Å². The number of anilines is 3. The fourth-order valence-corrected chi connectivity index (χ4v) is 10.1. The molecule has 0 bridgehead atoms. The van der Waals surface area contributed by atoms with Crippen LogP contribution in [0.1, 0.15) is 94.2 Å². The van der Waals surface area contributed by atoms with Gasteiger partial charge in [-0.05, 0) is 124 Å². The Balaban J connectivity index is 1.03. The van der Waals surface area contributed by atoms with Crippen LogP contribution in [0.5, 0.6) is 0 Å². The minimum atomic E-state index is -4.03. The number of ether oxygens (including phenoxy) is 3. The molecule has 5 N–H and O–H groups in total. The lowest BCUT2D eigenvalue weighted by atomic mass is 9.86. The summed E-state index contributed by atoms with van der Waals surface area (Å²) < 4.78 is 45.3. The zero-order valence-electron chi connectivity index (χ0n) is 38.7. The van der Waals surface area contributed by atoms with Gasteiger partial charge in [0.2, 0.25) is 10.0 Å². The molecule has 3 aromatic carbocycles. The number of hydrogen-bond donors (Lipinski definition) is 5. The molecule has 0 spiro atoms. The van der Waals surface area contributed by atoms with Crippen LogP contribution in [0, 0.1) is 5.92 Å². The van der Waals surface area contributed by atoms with E-state index < -0.39 is 33.7 Å². The number of nitrogens with zero attached hydrogens (tertiary/aromatic N) is 3. The number of rotatable bonds is 25. The lowest BCUT2D eigenvalue weighted by molar-refractivity contribution is -0.143. The van der Waals surface area contributed by atoms with Gasteiger partial charge in [-0.15, -0.1) is 0 Å². The second-order valence-corrected chi connectivity index (χ2v) is 18.7. The van der Waals surface area contributed by atoms with Crippen LogP contribution in [0.25, 0.3) is 0 Å². The fraction of sp³-hybridized carbons (Fsp3) is 0.460. The number of aliphatic hydroxyl groups excluding tert-OH is 1. The average molecular weight is 957 g/mol. The van der Waals surface area contributed by atoms with E-state index in [9.17, 15) is 32.7 Å². The van der Waals surface area contributed by atoms with Crippen LogP contribution in [0.2, 0.25) is 0 Å². The van der Waals surface area contributed by atoms with Crippen LogP contribution < -0.4 is 20.9 Å². The maximum Gasteiger partial charge on any atom is 0.306 e. The van der Waals surface area contributed by atoms with Crippen molar-refractivity contribution in [2.45, 2.75) is 75.6 Å². The molecule has 6 rings (SSSR count). The highest BCUT2D eigenvalue weighted by atomic mass is 32.2. The molecule has 2 heterocycles. The number of carboxylic acids is 1. The number of nitrogens with one attached hydrogen (secondary N) is 3. The number of carbonyl (C=O) groups is 4. The van der Waals surface area contributed by atoms with Crippen LogP contribution >= 0.6 is 0 Å². The summed E-state index contributed by atoms with van der Waals surface area (Å²) in [6.07, 6.45) is 6.20. The fourth-order valence-electron chi connectivity index (χ4n) is 8.39. The molecule has 1 aliphatic heterocycles. The summed E-state index contributed by atoms with van der Waals surface area (Å²) >= 11 is 0. The number of amides is 3. The van der Waals surface area contributed by atoms with Gasteiger partial charge in [0.15, 0.2) is 5.69 Å². The first-order valence-corrected chi connectivity index (χ1v) is 24.9. The SMILES string of the molecule is CCN(C1CCC(C(=O)O)CC1)S(=O)(=O)c1cccc(C(=O)Nc2ccc(N3CCCCC3)nc2C(=O)Nc2ccc(CCc3ccc(C(=O)NCCOCCOCCOCCO)cc3)cc2)c1. The van der Waals surface area contributed by atoms with Gasteiger partial charge in [-0.1, -0.05) is 37.3 Å². The summed E-state index contributed by atoms with van der Waals surface area (Å²) in [6, 6.07) is 23.8. The molecule has 1 saturated carbocycles. The van der Waals surface area contributed by atoms with E-state index in [1.165, 1.54) is 28.6 Å². The molecule has 18 heteroatoms. The molecule has 1 saturated heterocycles. The van der Waals surface area contributed by atoms with Crippen molar-refractivity contribution in [2.24, 2.45) is 5.92 Å². The Hall–Kier alpha value is -5.76. The number of carboxylic acid groups (broad SMARTS) is 1. The number of aliphatic hydroxyl groups is 1. The lowest BCUT2D eigenvalue weighted by Crippen LogP contribution is -2.42. The molecule has 1 aliphatic carbocycles. The van der Waals surface area contributed by atoms with Crippen LogP contribution in [0.3, 0.4) is 0 Å². The summed E-state index contributed by atoms with van der Waals surface area (Å²) in [5, 5.41) is 26.7. The Morgan fingerprint density at radius 1 is 0.721 bits per heavy atom. The Bertz CT molecular complexity index is 2390. The molecule has 2 aliphatic rings. The van der Waals surface area contributed by atoms with E-state index in [0.717, 1.165) is 56.3 Å². The van der Waals surface area contributed by atoms with E-state index >= 15 is 0 Å². The van der Waals surface area contributed by atoms with Gasteiger partial charge in [0, 0.05) is 49.0 Å². The third kappa shape index (κ3) is 14.9. The standard InChI is InChI=1S/C50H64N6O11S/c1-2-56(42-21-17-39(18-22-42)50(61)62)68(63,64)43-8-6-7-40(35-43)48(59)53-44-23-24-45(55-26-4-3-5-27-55)54-46(44)49(60)52-41-19-13-37(14-20-41)10-9-36-11-15-38(16-12-36)47(58)51-25-29-65-31-33-67-34-32-66-30-28-57/h6-8,11-16,19-20,23-24,35,39,42,57H,2-5,9-10,17-18,21-22,25-34H2,1H3,(H,51,58)(H,52,60)(H,53,59)(H,61,62). The van der Waals surface area contributed by atoms with Crippen LogP contribution in [-0.4, -0.2) is 130 Å². The van der Waals surface area contributed by atoms with Gasteiger partial charge < -0.3 is 45.3 Å². The Kier molecular flexibility index (Phi) is 19.8. The molecule has 68 heavy (non-hydrogen) atoms. The zero-order chi connectivity index (χ0) is 48.3. The molecule has 3 amide bonds. The number of aryl methyl sites for hydroxylation is 2. The second-order valence-electron chi connectivity index (χ2n) is 16.8. The van der Waals surface area contributed by atoms with E-state index in [2.05, 4.69) is 20.9 Å². The number of hydrogen-bond acceptors (Lipinski definition) is 12. The molecule has 366 valence electrons. The highest BCUT2D eigenvalue weighted by molar-refractivity contribution is 7.89. The average Bonchev–Trinajstić information content (AvgIpc) is 3.36. The Labute approximate surface area is 398 Å². The smallest absolute Gasteiger partial charge is 0.306 e. The predicted molar refractivity (Wildman–Crippen MR) is 258 cm³/mol. The normalized spacial score (nSPS) is 16.3. The van der Waals surface area contributed by atoms with Gasteiger partial charge in [0.25, 0.3) is 17.7 Å². The molecule has 2 fully saturated rings. The highest BCUT2D eigenvalue weighted by Gasteiger charge is 2.35. The second kappa shape index (κ2) is 26.1. The van der Waals surface area contributed by atoms with Crippen molar-refractivity contribution >= 4 is 50.9 Å². The minimum Gasteiger partial charge on any atom is -0.481 e. The Morgan fingerprint density at radius 2 is 1.35 bits per heavy atom. The number of aromatic nitrogens is 1. The summed E-state index contributed by atoms with van der Waals surface area (Å²) in [5.41, 5.74) is 3.43. The molecular weight excluding hydrogens is 893 g/mol. The summed E-state index contributed by atoms with van der Waals surface area (Å²) in [7, 11) is -4.03. The summed E-state index contributed by atoms with van der Waals surface area (Å²) in [5.74, 6) is -2.07. The molecule has 17 nitrogen and oxygen atoms in total. The van der Waals surface area contributed by atoms with Gasteiger partial charge in [0.05, 0.1) is 62.7 Å². The predicted octanol–water partition coefficient (Wildman–Crippen LogP) is 5.79. The number of piperidine rings is 1. The van der Waals surface area contributed by atoms with Crippen LogP contribution in [-0.2, 0) is 41.9 Å². The van der Waals surface area contributed by atoms with E-state index in [0.29, 0.717) is 82.3 Å². The van der Waals surface area contributed by atoms with E-state index in [1.54, 1.807) is 31.2 Å². The summed E-state index contributed by atoms with van der Waals surface area (Å²) in [4.78, 5) is 58.8. The third-order valence-corrected chi connectivity index (χ3v) is 14.2. The highest BCUT2D eigenvalue weighted by Crippen LogP contribution is 2.32. The van der Waals surface area contributed by atoms with E-state index in [1.807, 2.05) is 36.4 Å². The van der Waals surface area contributed by atoms with Gasteiger partial charge in [0.1, 0.15) is 5.82 Å². The van der Waals surface area contributed by atoms with Crippen molar-refractivity contribution in [1.29, 1.82) is 0 Å². The van der Waals surface area contributed by atoms with Gasteiger partial charge >= 0.3 is 5.97 Å². The molecule has 1 aromatic heterocycles. The van der Waals surface area contributed by atoms with Gasteiger partial charge in [-0.3, -0.25) is 19.2 Å². The third-order valence-electron chi connectivity index (χ3n) is 12.1. The number of carbonyl (C=O) groups excluding carboxylic acids is 3. The van der Waals surface area contributed by atoms with Crippen molar-refractivity contribution < 1.29 is 52.0 Å². The van der Waals surface area contributed by atoms with Gasteiger partial charge in [-0.2, -0.15) is 4.31 Å². The molecule has 4 aromatic rings. The first-order valence-electron chi connectivity index (χ1n) is 23.5. The quantitative estimate of drug-likeness (QED) is 0.0497. The monoisotopic (exact) mass is 956 g/mol. The number of benzene rings is 3. The first kappa shape index (κ1) is 51.6. The number of sulfonamides is 1. The number of aliphatic carboxylic acids is 1. The molecule has 0 unspecified atom stereocenters. The largest absolute Gasteiger partial charge is 0.481 e. The molecule has 0 radical (unpaired) electrons. The van der Waals surface area contributed by atoms with Crippen molar-refractivity contribution in [3.05, 3.63) is 113 Å². The maximum atomic E-state index is 14.0. The number of pyridine rings is 1. The van der Waals surface area contributed by atoms with Crippen molar-refractivity contribution in [3.63, 3.8) is 0 Å². The van der Waals surface area contributed by atoms with Crippen molar-refractivity contribution in [1.82, 2.24) is 14.6 Å². The topological polar surface area (TPSA) is 226 Å². The van der Waals surface area contributed by atoms with Crippen LogP contribution in [0.4, 0.5) is 17.2 Å². The zero-order valence-corrected chi connectivity index (χ0v) is 39.5. The summed E-state index contributed by atoms with van der Waals surface area (Å²) in [6.45, 7) is 6.14. The molecular formula is C50H64N6O11S. The van der Waals surface area contributed by atoms with Crippen molar-refractivity contribution in [2.75, 3.05) is 88.0 Å². The minimum absolute atomic E-state index is 0.00749.